The molecular formula is C14H17NS. The summed E-state index contributed by atoms with van der Waals surface area (Å²) >= 11 is 1.82. The highest BCUT2D eigenvalue weighted by Gasteiger charge is 2.11. The minimum atomic E-state index is 0.321. The molecule has 0 fully saturated rings. The van der Waals surface area contributed by atoms with Crippen molar-refractivity contribution >= 4 is 21.4 Å². The lowest BCUT2D eigenvalue weighted by Gasteiger charge is -2.11. The lowest BCUT2D eigenvalue weighted by molar-refractivity contribution is 0.717. The largest absolute Gasteiger partial charge is 0.310 e. The molecule has 0 aliphatic rings. The monoisotopic (exact) mass is 231 g/mol. The van der Waals surface area contributed by atoms with Crippen LogP contribution in [0.25, 0.3) is 10.1 Å². The molecule has 16 heavy (non-hydrogen) atoms. The van der Waals surface area contributed by atoms with E-state index in [1.807, 2.05) is 18.4 Å². The Morgan fingerprint density at radius 1 is 1.31 bits per heavy atom. The summed E-state index contributed by atoms with van der Waals surface area (Å²) in [6, 6.07) is 8.90. The fourth-order valence-electron chi connectivity index (χ4n) is 1.90. The summed E-state index contributed by atoms with van der Waals surface area (Å²) in [5, 5.41) is 6.98. The van der Waals surface area contributed by atoms with Crippen LogP contribution in [0.2, 0.25) is 0 Å². The van der Waals surface area contributed by atoms with Gasteiger partial charge in [0.05, 0.1) is 6.04 Å². The van der Waals surface area contributed by atoms with Crippen LogP contribution in [0.3, 0.4) is 0 Å². The summed E-state index contributed by atoms with van der Waals surface area (Å²) in [4.78, 5) is 0. The minimum absolute atomic E-state index is 0.321. The fourth-order valence-corrected chi connectivity index (χ4v) is 2.90. The molecule has 2 heteroatoms. The lowest BCUT2D eigenvalue weighted by Crippen LogP contribution is -2.13. The van der Waals surface area contributed by atoms with Crippen LogP contribution >= 0.6 is 11.3 Å². The maximum absolute atomic E-state index is 3.36. The van der Waals surface area contributed by atoms with Crippen LogP contribution in [0.5, 0.6) is 0 Å². The third kappa shape index (κ3) is 2.18. The maximum Gasteiger partial charge on any atom is 0.0520 e. The summed E-state index contributed by atoms with van der Waals surface area (Å²) in [5.41, 5.74) is 2.72. The van der Waals surface area contributed by atoms with Gasteiger partial charge in [-0.2, -0.15) is 0 Å². The molecule has 0 spiro atoms. The number of hydrogen-bond donors (Lipinski definition) is 1. The topological polar surface area (TPSA) is 12.0 Å². The van der Waals surface area contributed by atoms with Crippen molar-refractivity contribution in [3.05, 3.63) is 46.9 Å². The third-order valence-corrected chi connectivity index (χ3v) is 3.64. The van der Waals surface area contributed by atoms with Crippen LogP contribution in [0.15, 0.2) is 41.3 Å². The molecule has 0 saturated heterocycles. The molecule has 0 saturated carbocycles. The Bertz CT molecular complexity index is 506. The molecule has 84 valence electrons. The first-order valence-electron chi connectivity index (χ1n) is 5.51. The Labute approximate surface area is 101 Å². The Morgan fingerprint density at radius 3 is 2.75 bits per heavy atom. The van der Waals surface area contributed by atoms with Crippen LogP contribution in [-0.2, 0) is 0 Å². The molecule has 0 radical (unpaired) electrons. The molecule has 1 heterocycles. The summed E-state index contributed by atoms with van der Waals surface area (Å²) in [5.74, 6) is 0. The molecule has 1 N–H and O–H groups in total. The molecule has 1 unspecified atom stereocenters. The highest BCUT2D eigenvalue weighted by Crippen LogP contribution is 2.30. The molecule has 1 nitrogen and oxygen atoms in total. The van der Waals surface area contributed by atoms with E-state index in [-0.39, 0.29) is 0 Å². The standard InChI is InChI=1S/C14H17NS/c1-10(2)8-13(15-3)12-9-16-14-7-5-4-6-11(12)14/h4-9,13,15H,1-3H3. The second-order valence-corrected chi connectivity index (χ2v) is 5.11. The highest BCUT2D eigenvalue weighted by atomic mass is 32.1. The average molecular weight is 231 g/mol. The van der Waals surface area contributed by atoms with Crippen molar-refractivity contribution in [1.82, 2.24) is 5.32 Å². The Balaban J connectivity index is 2.49. The van der Waals surface area contributed by atoms with E-state index in [1.165, 1.54) is 21.2 Å². The first-order valence-corrected chi connectivity index (χ1v) is 6.38. The van der Waals surface area contributed by atoms with Crippen molar-refractivity contribution in [2.45, 2.75) is 19.9 Å². The van der Waals surface area contributed by atoms with Crippen molar-refractivity contribution in [2.75, 3.05) is 7.05 Å². The smallest absolute Gasteiger partial charge is 0.0520 e. The quantitative estimate of drug-likeness (QED) is 0.783. The maximum atomic E-state index is 3.36. The average Bonchev–Trinajstić information content (AvgIpc) is 2.69. The normalized spacial score (nSPS) is 12.7. The van der Waals surface area contributed by atoms with Crippen molar-refractivity contribution in [1.29, 1.82) is 0 Å². The number of likely N-dealkylation sites (N-methyl/N-ethyl adjacent to an activating group) is 1. The molecular weight excluding hydrogens is 214 g/mol. The van der Waals surface area contributed by atoms with E-state index < -0.39 is 0 Å². The van der Waals surface area contributed by atoms with Gasteiger partial charge in [-0.1, -0.05) is 29.8 Å². The van der Waals surface area contributed by atoms with E-state index in [9.17, 15) is 0 Å². The zero-order valence-corrected chi connectivity index (χ0v) is 10.8. The van der Waals surface area contributed by atoms with E-state index in [2.05, 4.69) is 54.9 Å². The van der Waals surface area contributed by atoms with Gasteiger partial charge in [0.1, 0.15) is 0 Å². The van der Waals surface area contributed by atoms with Gasteiger partial charge in [0.25, 0.3) is 0 Å². The van der Waals surface area contributed by atoms with E-state index in [1.54, 1.807) is 0 Å². The Kier molecular flexibility index (Phi) is 3.42. The molecule has 2 aromatic rings. The molecule has 1 aromatic heterocycles. The van der Waals surface area contributed by atoms with Gasteiger partial charge in [-0.15, -0.1) is 11.3 Å². The van der Waals surface area contributed by atoms with Gasteiger partial charge in [0, 0.05) is 4.70 Å². The Hall–Kier alpha value is -1.12. The number of allylic oxidation sites excluding steroid dienone is 1. The first-order chi connectivity index (χ1) is 7.72. The molecule has 0 bridgehead atoms. The van der Waals surface area contributed by atoms with Crippen molar-refractivity contribution in [2.24, 2.45) is 0 Å². The molecule has 1 atom stereocenters. The van der Waals surface area contributed by atoms with E-state index in [0.29, 0.717) is 6.04 Å². The van der Waals surface area contributed by atoms with Crippen LogP contribution in [-0.4, -0.2) is 7.05 Å². The molecule has 0 amide bonds. The number of benzene rings is 1. The van der Waals surface area contributed by atoms with Gasteiger partial charge in [-0.3, -0.25) is 0 Å². The summed E-state index contributed by atoms with van der Waals surface area (Å²) < 4.78 is 1.36. The second kappa shape index (κ2) is 4.81. The Morgan fingerprint density at radius 2 is 2.06 bits per heavy atom. The molecule has 0 aliphatic carbocycles. The predicted octanol–water partition coefficient (Wildman–Crippen LogP) is 4.13. The predicted molar refractivity (Wildman–Crippen MR) is 73.1 cm³/mol. The van der Waals surface area contributed by atoms with Crippen molar-refractivity contribution < 1.29 is 0 Å². The number of hydrogen-bond acceptors (Lipinski definition) is 2. The fraction of sp³-hybridized carbons (Fsp3) is 0.286. The van der Waals surface area contributed by atoms with Crippen molar-refractivity contribution in [3.63, 3.8) is 0 Å². The van der Waals surface area contributed by atoms with E-state index in [4.69, 9.17) is 0 Å². The number of rotatable bonds is 3. The summed E-state index contributed by atoms with van der Waals surface area (Å²) in [7, 11) is 2.01. The van der Waals surface area contributed by atoms with Crippen LogP contribution in [0.1, 0.15) is 25.5 Å². The van der Waals surface area contributed by atoms with Gasteiger partial charge >= 0.3 is 0 Å². The van der Waals surface area contributed by atoms with E-state index >= 15 is 0 Å². The third-order valence-electron chi connectivity index (χ3n) is 2.66. The van der Waals surface area contributed by atoms with Crippen LogP contribution in [0.4, 0.5) is 0 Å². The van der Waals surface area contributed by atoms with Crippen LogP contribution in [0, 0.1) is 0 Å². The van der Waals surface area contributed by atoms with E-state index in [0.717, 1.165) is 0 Å². The zero-order valence-electron chi connectivity index (χ0n) is 9.95. The van der Waals surface area contributed by atoms with Gasteiger partial charge in [0.15, 0.2) is 0 Å². The SMILES string of the molecule is CNC(C=C(C)C)c1csc2ccccc12. The highest BCUT2D eigenvalue weighted by molar-refractivity contribution is 7.17. The molecule has 2 rings (SSSR count). The minimum Gasteiger partial charge on any atom is -0.310 e. The van der Waals surface area contributed by atoms with Gasteiger partial charge in [0.2, 0.25) is 0 Å². The molecule has 1 aromatic carbocycles. The molecule has 0 aliphatic heterocycles. The summed E-state index contributed by atoms with van der Waals surface area (Å²) in [6.07, 6.45) is 2.27. The summed E-state index contributed by atoms with van der Waals surface area (Å²) in [6.45, 7) is 4.28. The first kappa shape index (κ1) is 11.4. The van der Waals surface area contributed by atoms with Gasteiger partial charge < -0.3 is 5.32 Å². The zero-order chi connectivity index (χ0) is 11.5. The number of fused-ring (bicyclic) bond motifs is 1. The van der Waals surface area contributed by atoms with Crippen LogP contribution < -0.4 is 5.32 Å². The number of thiophene rings is 1. The number of nitrogens with one attached hydrogen (secondary N) is 1. The lowest BCUT2D eigenvalue weighted by atomic mass is 10.0. The van der Waals surface area contributed by atoms with Gasteiger partial charge in [-0.05, 0) is 43.3 Å². The van der Waals surface area contributed by atoms with Crippen molar-refractivity contribution in [3.8, 4) is 0 Å². The van der Waals surface area contributed by atoms with Gasteiger partial charge in [-0.25, -0.2) is 0 Å². The second-order valence-electron chi connectivity index (χ2n) is 4.20.